The molecule has 8 heteroatoms. The SMILES string of the molecule is C[S+](C)[C@H]1C2C3[C@@H]2C[C@@H]1[C@@H]3OS(=O)(=O)C(F)(F)F. The zero-order valence-corrected chi connectivity index (χ0v) is 11.5. The molecule has 0 aliphatic heterocycles. The Morgan fingerprint density at radius 3 is 2.17 bits per heavy atom. The maximum Gasteiger partial charge on any atom is 0.523 e. The lowest BCUT2D eigenvalue weighted by Crippen LogP contribution is -2.34. The van der Waals surface area contributed by atoms with Gasteiger partial charge in [-0.25, -0.2) is 0 Å². The molecule has 0 N–H and O–H groups in total. The minimum Gasteiger partial charge on any atom is -0.259 e. The van der Waals surface area contributed by atoms with Crippen LogP contribution in [-0.4, -0.2) is 37.8 Å². The van der Waals surface area contributed by atoms with E-state index < -0.39 is 21.7 Å². The minimum atomic E-state index is -5.44. The van der Waals surface area contributed by atoms with E-state index in [1.54, 1.807) is 0 Å². The summed E-state index contributed by atoms with van der Waals surface area (Å²) in [5, 5.41) is 0.355. The fraction of sp³-hybridized carbons (Fsp3) is 1.00. The smallest absolute Gasteiger partial charge is 0.259 e. The summed E-state index contributed by atoms with van der Waals surface area (Å²) in [6.45, 7) is 0. The number of rotatable bonds is 3. The van der Waals surface area contributed by atoms with Crippen molar-refractivity contribution in [3.05, 3.63) is 0 Å². The lowest BCUT2D eigenvalue weighted by atomic mass is 10.1. The van der Waals surface area contributed by atoms with E-state index in [1.807, 2.05) is 0 Å². The van der Waals surface area contributed by atoms with Gasteiger partial charge in [-0.2, -0.15) is 21.6 Å². The molecule has 0 aromatic heterocycles. The summed E-state index contributed by atoms with van der Waals surface area (Å²) < 4.78 is 63.6. The highest BCUT2D eigenvalue weighted by molar-refractivity contribution is 7.96. The molecular weight excluding hydrogens is 289 g/mol. The first-order valence-electron chi connectivity index (χ1n) is 5.71. The van der Waals surface area contributed by atoms with Crippen molar-refractivity contribution in [3.8, 4) is 0 Å². The Bertz CT molecular complexity index is 473. The first-order valence-corrected chi connectivity index (χ1v) is 9.22. The van der Waals surface area contributed by atoms with Gasteiger partial charge in [0.05, 0.1) is 18.6 Å². The molecule has 0 aromatic rings. The normalized spacial score (nSPS) is 45.9. The van der Waals surface area contributed by atoms with Crippen molar-refractivity contribution in [1.29, 1.82) is 0 Å². The van der Waals surface area contributed by atoms with Gasteiger partial charge in [0.15, 0.2) is 0 Å². The Morgan fingerprint density at radius 2 is 1.78 bits per heavy atom. The molecule has 4 aliphatic carbocycles. The highest BCUT2D eigenvalue weighted by Gasteiger charge is 2.79. The average Bonchev–Trinajstić information content (AvgIpc) is 2.55. The second-order valence-electron chi connectivity index (χ2n) is 5.52. The molecule has 0 heterocycles. The second-order valence-corrected chi connectivity index (χ2v) is 9.39. The van der Waals surface area contributed by atoms with Crippen LogP contribution < -0.4 is 0 Å². The van der Waals surface area contributed by atoms with Crippen LogP contribution in [0.4, 0.5) is 13.2 Å². The molecule has 4 bridgehead atoms. The average molecular weight is 303 g/mol. The van der Waals surface area contributed by atoms with Gasteiger partial charge in [0.25, 0.3) is 0 Å². The Hall–Kier alpha value is 0.0500. The highest BCUT2D eigenvalue weighted by atomic mass is 32.2. The quantitative estimate of drug-likeness (QED) is 0.449. The molecule has 4 aliphatic rings. The van der Waals surface area contributed by atoms with E-state index in [0.29, 0.717) is 17.1 Å². The minimum absolute atomic E-state index is 0.000424. The highest BCUT2D eigenvalue weighted by Crippen LogP contribution is 2.73. The Kier molecular flexibility index (Phi) is 2.59. The predicted octanol–water partition coefficient (Wildman–Crippen LogP) is 1.36. The van der Waals surface area contributed by atoms with Crippen molar-refractivity contribution in [2.45, 2.75) is 23.3 Å². The van der Waals surface area contributed by atoms with Crippen LogP contribution in [0.3, 0.4) is 0 Å². The van der Waals surface area contributed by atoms with Crippen molar-refractivity contribution in [3.63, 3.8) is 0 Å². The summed E-state index contributed by atoms with van der Waals surface area (Å²) in [7, 11) is -5.33. The van der Waals surface area contributed by atoms with Crippen LogP contribution in [0.1, 0.15) is 6.42 Å². The van der Waals surface area contributed by atoms with Crippen LogP contribution in [0.5, 0.6) is 0 Å². The van der Waals surface area contributed by atoms with E-state index in [2.05, 4.69) is 16.7 Å². The van der Waals surface area contributed by atoms with Gasteiger partial charge in [0.1, 0.15) is 5.25 Å². The van der Waals surface area contributed by atoms with Gasteiger partial charge in [-0.1, -0.05) is 0 Å². The van der Waals surface area contributed by atoms with E-state index in [0.717, 1.165) is 6.42 Å². The van der Waals surface area contributed by atoms with Gasteiger partial charge < -0.3 is 0 Å². The molecule has 0 aromatic carbocycles. The number of hydrogen-bond acceptors (Lipinski definition) is 3. The number of halogens is 3. The van der Waals surface area contributed by atoms with Gasteiger partial charge in [0, 0.05) is 11.8 Å². The molecule has 104 valence electrons. The molecular formula is C10H14F3O3S2+. The predicted molar refractivity (Wildman–Crippen MR) is 61.4 cm³/mol. The van der Waals surface area contributed by atoms with Crippen LogP contribution in [0, 0.1) is 23.7 Å². The Morgan fingerprint density at radius 1 is 1.17 bits per heavy atom. The largest absolute Gasteiger partial charge is 0.523 e. The third-order valence-electron chi connectivity index (χ3n) is 4.50. The second kappa shape index (κ2) is 3.58. The summed E-state index contributed by atoms with van der Waals surface area (Å²) in [5.74, 6) is 0.859. The fourth-order valence-corrected chi connectivity index (χ4v) is 6.66. The van der Waals surface area contributed by atoms with Crippen molar-refractivity contribution >= 4 is 21.0 Å². The maximum absolute atomic E-state index is 12.3. The maximum atomic E-state index is 12.3. The first kappa shape index (κ1) is 13.1. The van der Waals surface area contributed by atoms with E-state index in [9.17, 15) is 21.6 Å². The van der Waals surface area contributed by atoms with E-state index >= 15 is 0 Å². The van der Waals surface area contributed by atoms with E-state index in [4.69, 9.17) is 0 Å². The molecule has 18 heavy (non-hydrogen) atoms. The number of hydrogen-bond donors (Lipinski definition) is 0. The molecule has 6 atom stereocenters. The zero-order valence-electron chi connectivity index (χ0n) is 9.85. The zero-order chi connectivity index (χ0) is 13.5. The van der Waals surface area contributed by atoms with Gasteiger partial charge >= 0.3 is 15.6 Å². The summed E-state index contributed by atoms with van der Waals surface area (Å²) in [4.78, 5) is 0. The number of alkyl halides is 3. The molecule has 0 radical (unpaired) electrons. The van der Waals surface area contributed by atoms with Crippen LogP contribution in [-0.2, 0) is 25.2 Å². The van der Waals surface area contributed by atoms with Crippen LogP contribution in [0.25, 0.3) is 0 Å². The summed E-state index contributed by atoms with van der Waals surface area (Å²) in [5.41, 5.74) is -5.31. The monoisotopic (exact) mass is 303 g/mol. The van der Waals surface area contributed by atoms with Crippen molar-refractivity contribution in [2.75, 3.05) is 12.5 Å². The van der Waals surface area contributed by atoms with Crippen LogP contribution in [0.15, 0.2) is 0 Å². The summed E-state index contributed by atoms with van der Waals surface area (Å²) in [6.07, 6.45) is 4.24. The van der Waals surface area contributed by atoms with Crippen molar-refractivity contribution in [2.24, 2.45) is 23.7 Å². The Balaban J connectivity index is 1.79. The third kappa shape index (κ3) is 1.57. The fourth-order valence-electron chi connectivity index (χ4n) is 4.01. The lowest BCUT2D eigenvalue weighted by Gasteiger charge is -2.19. The van der Waals surface area contributed by atoms with Crippen LogP contribution >= 0.6 is 0 Å². The van der Waals surface area contributed by atoms with E-state index in [1.165, 1.54) is 0 Å². The molecule has 4 fully saturated rings. The molecule has 0 amide bonds. The molecule has 4 saturated carbocycles. The van der Waals surface area contributed by atoms with Gasteiger partial charge in [-0.05, 0) is 29.2 Å². The Labute approximate surface area is 107 Å². The van der Waals surface area contributed by atoms with Gasteiger partial charge in [-0.15, -0.1) is 0 Å². The molecule has 4 rings (SSSR count). The van der Waals surface area contributed by atoms with Gasteiger partial charge in [-0.3, -0.25) is 4.18 Å². The first-order chi connectivity index (χ1) is 8.15. The molecule has 2 unspecified atom stereocenters. The summed E-state index contributed by atoms with van der Waals surface area (Å²) >= 11 is 0. The molecule has 0 saturated heterocycles. The van der Waals surface area contributed by atoms with Crippen LogP contribution in [0.2, 0.25) is 0 Å². The van der Waals surface area contributed by atoms with Gasteiger partial charge in [0.2, 0.25) is 0 Å². The summed E-state index contributed by atoms with van der Waals surface area (Å²) in [6, 6.07) is 0. The molecule has 3 nitrogen and oxygen atoms in total. The third-order valence-corrected chi connectivity index (χ3v) is 7.30. The lowest BCUT2D eigenvalue weighted by molar-refractivity contribution is -0.0586. The molecule has 0 spiro atoms. The van der Waals surface area contributed by atoms with Crippen molar-refractivity contribution < 1.29 is 25.8 Å². The van der Waals surface area contributed by atoms with Crippen molar-refractivity contribution in [1.82, 2.24) is 0 Å². The topological polar surface area (TPSA) is 43.4 Å². The standard InChI is InChI=1S/C10H14F3O3S2/c1-17(2)9-5-3-4-6(7(4)9)8(5)16-18(14,15)10(11,12)13/h4-9H,3H2,1-2H3/q+1/t4-,5+,6?,7?,8-,9+/m0/s1. The van der Waals surface area contributed by atoms with E-state index in [-0.39, 0.29) is 22.7 Å².